The molecule has 2 aromatic heterocycles. The molecule has 0 aliphatic carbocycles. The Morgan fingerprint density at radius 3 is 2.49 bits per heavy atom. The first-order valence-electron chi connectivity index (χ1n) is 11.2. The van der Waals surface area contributed by atoms with E-state index in [1.165, 1.54) is 0 Å². The van der Waals surface area contributed by atoms with E-state index in [4.69, 9.17) is 5.73 Å². The zero-order chi connectivity index (χ0) is 24.4. The average molecular weight is 468 g/mol. The molecule has 176 valence electrons. The van der Waals surface area contributed by atoms with Crippen LogP contribution in [0.15, 0.2) is 79.0 Å². The first kappa shape index (κ1) is 22.2. The van der Waals surface area contributed by atoms with Gasteiger partial charge in [0, 0.05) is 28.7 Å². The normalized spacial score (nSPS) is 12.0. The molecule has 2 heterocycles. The van der Waals surface area contributed by atoms with Gasteiger partial charge in [-0.05, 0) is 53.4 Å². The molecule has 3 aromatic carbocycles. The molecule has 8 heteroatoms. The zero-order valence-electron chi connectivity index (χ0n) is 18.8. The molecule has 0 fully saturated rings. The van der Waals surface area contributed by atoms with Crippen LogP contribution in [0.5, 0.6) is 11.5 Å². The maximum Gasteiger partial charge on any atom is 0.222 e. The van der Waals surface area contributed by atoms with Gasteiger partial charge >= 0.3 is 0 Å². The van der Waals surface area contributed by atoms with Gasteiger partial charge in [0.2, 0.25) is 5.95 Å². The van der Waals surface area contributed by atoms with Gasteiger partial charge in [0.1, 0.15) is 17.3 Å². The molecule has 0 radical (unpaired) electrons. The van der Waals surface area contributed by atoms with Crippen molar-refractivity contribution in [3.05, 3.63) is 84.6 Å². The number of H-pyrrole nitrogens is 1. The third kappa shape index (κ3) is 4.73. The van der Waals surface area contributed by atoms with Gasteiger partial charge in [0.15, 0.2) is 0 Å². The topological polar surface area (TPSA) is 140 Å². The molecule has 0 bridgehead atoms. The Bertz CT molecular complexity index is 1480. The van der Waals surface area contributed by atoms with E-state index in [1.807, 2.05) is 36.5 Å². The minimum absolute atomic E-state index is 0.0446. The Morgan fingerprint density at radius 1 is 0.914 bits per heavy atom. The second-order valence-corrected chi connectivity index (χ2v) is 8.36. The van der Waals surface area contributed by atoms with Gasteiger partial charge in [-0.3, -0.25) is 0 Å². The molecule has 5 aromatic rings. The highest BCUT2D eigenvalue weighted by atomic mass is 16.3. The maximum absolute atomic E-state index is 10.6. The number of aromatic hydroxyl groups is 2. The molecule has 0 spiro atoms. The summed E-state index contributed by atoms with van der Waals surface area (Å²) in [7, 11) is 0. The van der Waals surface area contributed by atoms with Crippen molar-refractivity contribution in [2.75, 3.05) is 17.7 Å². The number of para-hydroxylation sites is 1. The molecular weight excluding hydrogens is 442 g/mol. The minimum Gasteiger partial charge on any atom is -0.508 e. The number of hydrogen-bond acceptors (Lipinski definition) is 7. The molecule has 1 unspecified atom stereocenters. The number of nitrogens with two attached hydrogens (primary N) is 1. The van der Waals surface area contributed by atoms with E-state index < -0.39 is 0 Å². The lowest BCUT2D eigenvalue weighted by atomic mass is 10.0. The van der Waals surface area contributed by atoms with Crippen molar-refractivity contribution in [1.29, 1.82) is 0 Å². The quantitative estimate of drug-likeness (QED) is 0.210. The summed E-state index contributed by atoms with van der Waals surface area (Å²) in [6, 6.07) is 21.4. The minimum atomic E-state index is -0.312. The Hall–Kier alpha value is -4.56. The van der Waals surface area contributed by atoms with Crippen molar-refractivity contribution >= 4 is 22.7 Å². The maximum atomic E-state index is 10.6. The summed E-state index contributed by atoms with van der Waals surface area (Å²) in [6.45, 7) is -0.111. The van der Waals surface area contributed by atoms with Gasteiger partial charge in [-0.15, -0.1) is 0 Å². The van der Waals surface area contributed by atoms with Crippen molar-refractivity contribution in [1.82, 2.24) is 15.0 Å². The van der Waals surface area contributed by atoms with Crippen LogP contribution in [0.3, 0.4) is 0 Å². The van der Waals surface area contributed by atoms with Gasteiger partial charge in [-0.25, -0.2) is 4.98 Å². The summed E-state index contributed by atoms with van der Waals surface area (Å²) in [5.74, 6) is 0.719. The molecule has 35 heavy (non-hydrogen) atoms. The number of nitrogens with one attached hydrogen (secondary N) is 2. The fourth-order valence-corrected chi connectivity index (χ4v) is 4.19. The zero-order valence-corrected chi connectivity index (χ0v) is 18.8. The van der Waals surface area contributed by atoms with Gasteiger partial charge in [0.05, 0.1) is 18.3 Å². The molecule has 8 nitrogen and oxygen atoms in total. The van der Waals surface area contributed by atoms with E-state index in [0.717, 1.165) is 27.6 Å². The number of nitrogen functional groups attached to an aromatic ring is 1. The highest BCUT2D eigenvalue weighted by Crippen LogP contribution is 2.34. The summed E-state index contributed by atoms with van der Waals surface area (Å²) < 4.78 is 0. The third-order valence-electron chi connectivity index (χ3n) is 5.93. The monoisotopic (exact) mass is 467 g/mol. The van der Waals surface area contributed by atoms with E-state index in [9.17, 15) is 15.3 Å². The first-order valence-corrected chi connectivity index (χ1v) is 11.2. The second kappa shape index (κ2) is 9.36. The standard InChI is InChI=1S/C27H25N5O3/c28-27-31-24(22-12-17(7-10-25(22)35)16-5-8-20(34)9-6-16)13-26(32-27)30-19(15-33)11-18-14-29-23-4-2-1-3-21(18)23/h1-10,12-14,19,29,33-35H,11,15H2,(H3,28,30,31,32). The number of phenolic OH excluding ortho intramolecular Hbond substituents is 2. The molecule has 0 saturated carbocycles. The number of anilines is 2. The molecule has 5 rings (SSSR count). The van der Waals surface area contributed by atoms with Crippen LogP contribution in [0.2, 0.25) is 0 Å². The van der Waals surface area contributed by atoms with Gasteiger partial charge in [-0.2, -0.15) is 4.98 Å². The number of aliphatic hydroxyl groups excluding tert-OH is 1. The van der Waals surface area contributed by atoms with Gasteiger partial charge in [-0.1, -0.05) is 36.4 Å². The van der Waals surface area contributed by atoms with Crippen molar-refractivity contribution in [3.8, 4) is 33.9 Å². The lowest BCUT2D eigenvalue weighted by molar-refractivity contribution is 0.273. The number of aromatic amines is 1. The molecule has 7 N–H and O–H groups in total. The highest BCUT2D eigenvalue weighted by molar-refractivity contribution is 5.83. The largest absolute Gasteiger partial charge is 0.508 e. The smallest absolute Gasteiger partial charge is 0.222 e. The lowest BCUT2D eigenvalue weighted by Crippen LogP contribution is -2.27. The fourth-order valence-electron chi connectivity index (χ4n) is 4.19. The van der Waals surface area contributed by atoms with E-state index in [0.29, 0.717) is 23.5 Å². The van der Waals surface area contributed by atoms with Crippen molar-refractivity contribution in [2.24, 2.45) is 0 Å². The van der Waals surface area contributed by atoms with Crippen LogP contribution in [0.25, 0.3) is 33.3 Å². The Balaban J connectivity index is 1.43. The van der Waals surface area contributed by atoms with Crippen LogP contribution in [-0.4, -0.2) is 42.9 Å². The number of aromatic nitrogens is 3. The number of benzene rings is 3. The number of phenols is 2. The van der Waals surface area contributed by atoms with E-state index >= 15 is 0 Å². The summed E-state index contributed by atoms with van der Waals surface area (Å²) >= 11 is 0. The summed E-state index contributed by atoms with van der Waals surface area (Å²) in [5, 5.41) is 34.5. The number of aliphatic hydroxyl groups is 1. The van der Waals surface area contributed by atoms with Crippen LogP contribution in [0.4, 0.5) is 11.8 Å². The lowest BCUT2D eigenvalue weighted by Gasteiger charge is -2.18. The van der Waals surface area contributed by atoms with Gasteiger partial charge < -0.3 is 31.4 Å². The fraction of sp³-hybridized carbons (Fsp3) is 0.111. The number of hydrogen-bond donors (Lipinski definition) is 6. The van der Waals surface area contributed by atoms with Crippen molar-refractivity contribution < 1.29 is 15.3 Å². The summed E-state index contributed by atoms with van der Waals surface area (Å²) in [6.07, 6.45) is 2.52. The summed E-state index contributed by atoms with van der Waals surface area (Å²) in [4.78, 5) is 11.9. The second-order valence-electron chi connectivity index (χ2n) is 8.36. The number of nitrogens with zero attached hydrogens (tertiary/aromatic N) is 2. The first-order chi connectivity index (χ1) is 17.0. The highest BCUT2D eigenvalue weighted by Gasteiger charge is 2.16. The molecular formula is C27H25N5O3. The van der Waals surface area contributed by atoms with E-state index in [2.05, 4.69) is 20.3 Å². The van der Waals surface area contributed by atoms with Crippen LogP contribution in [0.1, 0.15) is 5.56 Å². The summed E-state index contributed by atoms with van der Waals surface area (Å²) in [5.41, 5.74) is 10.8. The third-order valence-corrected chi connectivity index (χ3v) is 5.93. The van der Waals surface area contributed by atoms with Crippen molar-refractivity contribution in [3.63, 3.8) is 0 Å². The molecule has 0 saturated heterocycles. The molecule has 0 aliphatic heterocycles. The predicted molar refractivity (Wildman–Crippen MR) is 137 cm³/mol. The van der Waals surface area contributed by atoms with Crippen LogP contribution in [-0.2, 0) is 6.42 Å². The molecule has 0 aliphatic rings. The Kier molecular flexibility index (Phi) is 5.95. The molecule has 0 amide bonds. The Morgan fingerprint density at radius 2 is 1.69 bits per heavy atom. The van der Waals surface area contributed by atoms with E-state index in [-0.39, 0.29) is 30.1 Å². The van der Waals surface area contributed by atoms with Gasteiger partial charge in [0.25, 0.3) is 0 Å². The van der Waals surface area contributed by atoms with E-state index in [1.54, 1.807) is 42.5 Å². The molecule has 1 atom stereocenters. The Labute approximate surface area is 201 Å². The number of fused-ring (bicyclic) bond motifs is 1. The average Bonchev–Trinajstić information content (AvgIpc) is 3.27. The van der Waals surface area contributed by atoms with Crippen LogP contribution >= 0.6 is 0 Å². The predicted octanol–water partition coefficient (Wildman–Crippen LogP) is 4.30. The SMILES string of the molecule is Nc1nc(NC(CO)Cc2c[nH]c3ccccc23)cc(-c2cc(-c3ccc(O)cc3)ccc2O)n1. The van der Waals surface area contributed by atoms with Crippen LogP contribution in [0, 0.1) is 0 Å². The van der Waals surface area contributed by atoms with Crippen molar-refractivity contribution in [2.45, 2.75) is 12.5 Å². The number of rotatable bonds is 7. The van der Waals surface area contributed by atoms with Crippen LogP contribution < -0.4 is 11.1 Å².